The van der Waals surface area contributed by atoms with Crippen molar-refractivity contribution in [2.75, 3.05) is 5.32 Å². The maximum atomic E-state index is 12.8. The quantitative estimate of drug-likeness (QED) is 0.331. The van der Waals surface area contributed by atoms with Crippen molar-refractivity contribution in [3.8, 4) is 22.6 Å². The Labute approximate surface area is 183 Å². The predicted octanol–water partition coefficient (Wildman–Crippen LogP) is 7.01. The third-order valence-corrected chi connectivity index (χ3v) is 5.85. The Bertz CT molecular complexity index is 1350. The number of fused-ring (bicyclic) bond motifs is 1. The molecule has 0 saturated heterocycles. The van der Waals surface area contributed by atoms with Gasteiger partial charge in [-0.1, -0.05) is 36.4 Å². The van der Waals surface area contributed by atoms with Crippen molar-refractivity contribution in [2.24, 2.45) is 0 Å². The average Bonchev–Trinajstić information content (AvgIpc) is 3.25. The van der Waals surface area contributed by atoms with E-state index in [2.05, 4.69) is 27.8 Å². The van der Waals surface area contributed by atoms with Gasteiger partial charge in [0.15, 0.2) is 0 Å². The zero-order valence-electron chi connectivity index (χ0n) is 16.5. The number of pyridine rings is 1. The Morgan fingerprint density at radius 2 is 1.58 bits per heavy atom. The largest absolute Gasteiger partial charge is 0.457 e. The third kappa shape index (κ3) is 4.17. The van der Waals surface area contributed by atoms with Crippen LogP contribution in [0.25, 0.3) is 21.2 Å². The SMILES string of the molecule is O=C(Nc1ccc(Oc2ccccc2)cc1)c1cncc(-c2csc3ccccc23)c1. The summed E-state index contributed by atoms with van der Waals surface area (Å²) in [5.74, 6) is 1.27. The molecule has 4 nitrogen and oxygen atoms in total. The molecule has 1 N–H and O–H groups in total. The Morgan fingerprint density at radius 3 is 2.42 bits per heavy atom. The van der Waals surface area contributed by atoms with Crippen molar-refractivity contribution in [3.63, 3.8) is 0 Å². The lowest BCUT2D eigenvalue weighted by molar-refractivity contribution is 0.102. The van der Waals surface area contributed by atoms with Gasteiger partial charge in [-0.05, 0) is 53.9 Å². The van der Waals surface area contributed by atoms with E-state index in [1.807, 2.05) is 72.8 Å². The van der Waals surface area contributed by atoms with Gasteiger partial charge in [-0.2, -0.15) is 0 Å². The molecule has 5 heteroatoms. The summed E-state index contributed by atoms with van der Waals surface area (Å²) in [6.07, 6.45) is 3.38. The molecule has 0 aliphatic carbocycles. The fourth-order valence-electron chi connectivity index (χ4n) is 3.35. The molecule has 5 rings (SSSR count). The first-order valence-corrected chi connectivity index (χ1v) is 10.7. The maximum absolute atomic E-state index is 12.8. The fourth-order valence-corrected chi connectivity index (χ4v) is 4.32. The highest BCUT2D eigenvalue weighted by molar-refractivity contribution is 7.17. The molecule has 0 spiro atoms. The minimum Gasteiger partial charge on any atom is -0.457 e. The van der Waals surface area contributed by atoms with E-state index in [4.69, 9.17) is 4.74 Å². The number of hydrogen-bond donors (Lipinski definition) is 1. The molecule has 1 amide bonds. The second-order valence-electron chi connectivity index (χ2n) is 7.00. The van der Waals surface area contributed by atoms with Gasteiger partial charge in [0.2, 0.25) is 0 Å². The number of thiophene rings is 1. The molecule has 3 aromatic carbocycles. The Morgan fingerprint density at radius 1 is 0.839 bits per heavy atom. The molecule has 0 fully saturated rings. The van der Waals surface area contributed by atoms with Crippen LogP contribution >= 0.6 is 11.3 Å². The lowest BCUT2D eigenvalue weighted by Gasteiger charge is -2.09. The molecule has 31 heavy (non-hydrogen) atoms. The molecular weight excluding hydrogens is 404 g/mol. The van der Waals surface area contributed by atoms with Gasteiger partial charge in [-0.15, -0.1) is 11.3 Å². The van der Waals surface area contributed by atoms with Crippen molar-refractivity contribution in [1.82, 2.24) is 4.98 Å². The number of benzene rings is 3. The van der Waals surface area contributed by atoms with Crippen LogP contribution in [0, 0.1) is 0 Å². The number of rotatable bonds is 5. The Balaban J connectivity index is 1.32. The average molecular weight is 423 g/mol. The van der Waals surface area contributed by atoms with Gasteiger partial charge in [-0.3, -0.25) is 9.78 Å². The second kappa shape index (κ2) is 8.42. The van der Waals surface area contributed by atoms with Crippen LogP contribution in [0.2, 0.25) is 0 Å². The molecule has 5 aromatic rings. The fraction of sp³-hybridized carbons (Fsp3) is 0. The first kappa shape index (κ1) is 19.0. The van der Waals surface area contributed by atoms with Crippen LogP contribution in [-0.2, 0) is 0 Å². The van der Waals surface area contributed by atoms with Crippen molar-refractivity contribution < 1.29 is 9.53 Å². The van der Waals surface area contributed by atoms with Gasteiger partial charge in [0, 0.05) is 39.3 Å². The van der Waals surface area contributed by atoms with Crippen molar-refractivity contribution >= 4 is 33.0 Å². The number of carbonyl (C=O) groups is 1. The van der Waals surface area contributed by atoms with E-state index in [1.165, 1.54) is 10.1 Å². The number of aromatic nitrogens is 1. The van der Waals surface area contributed by atoms with Crippen LogP contribution in [0.4, 0.5) is 5.69 Å². The first-order valence-electron chi connectivity index (χ1n) is 9.82. The number of amides is 1. The van der Waals surface area contributed by atoms with E-state index in [9.17, 15) is 4.79 Å². The molecule has 0 atom stereocenters. The monoisotopic (exact) mass is 422 g/mol. The van der Waals surface area contributed by atoms with Gasteiger partial charge in [0.1, 0.15) is 11.5 Å². The van der Waals surface area contributed by atoms with Crippen molar-refractivity contribution in [2.45, 2.75) is 0 Å². The zero-order chi connectivity index (χ0) is 21.0. The van der Waals surface area contributed by atoms with Gasteiger partial charge >= 0.3 is 0 Å². The molecule has 0 saturated carbocycles. The maximum Gasteiger partial charge on any atom is 0.257 e. The number of ether oxygens (including phenoxy) is 1. The summed E-state index contributed by atoms with van der Waals surface area (Å²) in [5.41, 5.74) is 3.22. The molecule has 0 bridgehead atoms. The topological polar surface area (TPSA) is 51.2 Å². The smallest absolute Gasteiger partial charge is 0.257 e. The lowest BCUT2D eigenvalue weighted by Crippen LogP contribution is -2.12. The Hall–Kier alpha value is -3.96. The first-order chi connectivity index (χ1) is 15.3. The molecule has 0 unspecified atom stereocenters. The minimum atomic E-state index is -0.203. The highest BCUT2D eigenvalue weighted by atomic mass is 32.1. The van der Waals surface area contributed by atoms with Crippen LogP contribution in [-0.4, -0.2) is 10.9 Å². The van der Waals surface area contributed by atoms with E-state index in [0.717, 1.165) is 16.9 Å². The Kier molecular flexibility index (Phi) is 5.17. The predicted molar refractivity (Wildman–Crippen MR) is 126 cm³/mol. The summed E-state index contributed by atoms with van der Waals surface area (Å²) in [4.78, 5) is 17.1. The van der Waals surface area contributed by atoms with E-state index < -0.39 is 0 Å². The van der Waals surface area contributed by atoms with Gasteiger partial charge in [-0.25, -0.2) is 0 Å². The normalized spacial score (nSPS) is 10.7. The molecule has 0 aliphatic heterocycles. The van der Waals surface area contributed by atoms with Crippen LogP contribution in [0.15, 0.2) is 103 Å². The van der Waals surface area contributed by atoms with Crippen LogP contribution in [0.1, 0.15) is 10.4 Å². The highest BCUT2D eigenvalue weighted by Gasteiger charge is 2.11. The summed E-state index contributed by atoms with van der Waals surface area (Å²) < 4.78 is 7.01. The lowest BCUT2D eigenvalue weighted by atomic mass is 10.0. The summed E-state index contributed by atoms with van der Waals surface area (Å²) in [6, 6.07) is 27.0. The molecule has 150 valence electrons. The minimum absolute atomic E-state index is 0.203. The number of nitrogens with zero attached hydrogens (tertiary/aromatic N) is 1. The van der Waals surface area contributed by atoms with Crippen LogP contribution in [0.5, 0.6) is 11.5 Å². The third-order valence-electron chi connectivity index (χ3n) is 4.88. The van der Waals surface area contributed by atoms with Gasteiger partial charge in [0.25, 0.3) is 5.91 Å². The van der Waals surface area contributed by atoms with Crippen molar-refractivity contribution in [3.05, 3.63) is 108 Å². The number of carbonyl (C=O) groups excluding carboxylic acids is 1. The summed E-state index contributed by atoms with van der Waals surface area (Å²) in [6.45, 7) is 0. The number of hydrogen-bond acceptors (Lipinski definition) is 4. The number of anilines is 1. The standard InChI is InChI=1S/C26H18N2O2S/c29-26(28-20-10-12-22(13-11-20)30-21-6-2-1-3-7-21)19-14-18(15-27-16-19)24-17-31-25-9-5-4-8-23(24)25/h1-17H,(H,28,29). The summed E-state index contributed by atoms with van der Waals surface area (Å²) in [7, 11) is 0. The number of nitrogens with one attached hydrogen (secondary N) is 1. The molecule has 2 aromatic heterocycles. The van der Waals surface area contributed by atoms with Crippen molar-refractivity contribution in [1.29, 1.82) is 0 Å². The zero-order valence-corrected chi connectivity index (χ0v) is 17.3. The molecule has 0 radical (unpaired) electrons. The molecule has 0 aliphatic rings. The highest BCUT2D eigenvalue weighted by Crippen LogP contribution is 2.33. The summed E-state index contributed by atoms with van der Waals surface area (Å²) in [5, 5.41) is 6.20. The van der Waals surface area contributed by atoms with E-state index in [-0.39, 0.29) is 5.91 Å². The van der Waals surface area contributed by atoms with E-state index >= 15 is 0 Å². The summed E-state index contributed by atoms with van der Waals surface area (Å²) >= 11 is 1.69. The second-order valence-corrected chi connectivity index (χ2v) is 7.91. The number of para-hydroxylation sites is 1. The van der Waals surface area contributed by atoms with Gasteiger partial charge in [0.05, 0.1) is 5.56 Å². The van der Waals surface area contributed by atoms with Crippen LogP contribution < -0.4 is 10.1 Å². The van der Waals surface area contributed by atoms with E-state index in [1.54, 1.807) is 23.7 Å². The van der Waals surface area contributed by atoms with Crippen LogP contribution in [0.3, 0.4) is 0 Å². The van der Waals surface area contributed by atoms with E-state index in [0.29, 0.717) is 17.0 Å². The van der Waals surface area contributed by atoms with Gasteiger partial charge < -0.3 is 10.1 Å². The molecule has 2 heterocycles. The molecular formula is C26H18N2O2S.